The maximum absolute atomic E-state index is 2.80. The molecule has 0 bridgehead atoms. The third-order valence-electron chi connectivity index (χ3n) is 4.97. The van der Waals surface area contributed by atoms with E-state index in [1.165, 1.54) is 64.8 Å². The monoisotopic (exact) mass is 252 g/mol. The van der Waals surface area contributed by atoms with Crippen LogP contribution in [0.2, 0.25) is 0 Å². The van der Waals surface area contributed by atoms with Gasteiger partial charge in [-0.2, -0.15) is 0 Å². The molecule has 2 heteroatoms. The molecule has 0 aromatic rings. The van der Waals surface area contributed by atoms with Gasteiger partial charge < -0.3 is 9.80 Å². The van der Waals surface area contributed by atoms with E-state index in [-0.39, 0.29) is 0 Å². The molecule has 0 amide bonds. The number of hydrogen-bond acceptors (Lipinski definition) is 2. The van der Waals surface area contributed by atoms with Crippen LogP contribution >= 0.6 is 0 Å². The zero-order chi connectivity index (χ0) is 13.0. The highest BCUT2D eigenvalue weighted by Crippen LogP contribution is 2.27. The largest absolute Gasteiger partial charge is 0.303 e. The van der Waals surface area contributed by atoms with E-state index < -0.39 is 0 Å². The summed E-state index contributed by atoms with van der Waals surface area (Å²) in [4.78, 5) is 5.39. The molecule has 2 aliphatic heterocycles. The molecule has 0 N–H and O–H groups in total. The van der Waals surface area contributed by atoms with Gasteiger partial charge in [0.05, 0.1) is 0 Å². The molecule has 18 heavy (non-hydrogen) atoms. The molecule has 0 radical (unpaired) electrons. The lowest BCUT2D eigenvalue weighted by atomic mass is 9.87. The average Bonchev–Trinajstić information content (AvgIpc) is 2.39. The number of nitrogens with zero attached hydrogens (tertiary/aromatic N) is 2. The Morgan fingerprint density at radius 2 is 1.56 bits per heavy atom. The van der Waals surface area contributed by atoms with Crippen LogP contribution in [0.1, 0.15) is 52.9 Å². The molecular weight excluding hydrogens is 220 g/mol. The quantitative estimate of drug-likeness (QED) is 0.758. The van der Waals surface area contributed by atoms with Gasteiger partial charge in [-0.15, -0.1) is 0 Å². The van der Waals surface area contributed by atoms with Crippen LogP contribution in [-0.4, -0.2) is 48.6 Å². The number of hydrogen-bond donors (Lipinski definition) is 0. The molecule has 2 rings (SSSR count). The molecule has 0 unspecified atom stereocenters. The minimum Gasteiger partial charge on any atom is -0.303 e. The summed E-state index contributed by atoms with van der Waals surface area (Å²) in [6.07, 6.45) is 7.16. The summed E-state index contributed by atoms with van der Waals surface area (Å²) >= 11 is 0. The van der Waals surface area contributed by atoms with Crippen LogP contribution < -0.4 is 0 Å². The second-order valence-corrected chi connectivity index (χ2v) is 6.77. The smallest absolute Gasteiger partial charge is 0.0120 e. The van der Waals surface area contributed by atoms with Crippen LogP contribution in [-0.2, 0) is 0 Å². The summed E-state index contributed by atoms with van der Waals surface area (Å²) in [6.45, 7) is 13.7. The summed E-state index contributed by atoms with van der Waals surface area (Å²) in [5, 5.41) is 0. The Balaban J connectivity index is 1.70. The first kappa shape index (κ1) is 14.3. The first-order chi connectivity index (χ1) is 8.69. The maximum Gasteiger partial charge on any atom is 0.0120 e. The first-order valence-electron chi connectivity index (χ1n) is 8.15. The molecule has 0 aliphatic carbocycles. The molecule has 0 atom stereocenters. The Hall–Kier alpha value is -0.0800. The van der Waals surface area contributed by atoms with E-state index >= 15 is 0 Å². The third kappa shape index (κ3) is 3.96. The minimum absolute atomic E-state index is 0.884. The van der Waals surface area contributed by atoms with Gasteiger partial charge in [0.25, 0.3) is 0 Å². The van der Waals surface area contributed by atoms with Crippen LogP contribution in [0.15, 0.2) is 0 Å². The van der Waals surface area contributed by atoms with Crippen molar-refractivity contribution in [1.29, 1.82) is 0 Å². The van der Waals surface area contributed by atoms with Gasteiger partial charge in [0.1, 0.15) is 0 Å². The van der Waals surface area contributed by atoms with Gasteiger partial charge in [-0.1, -0.05) is 20.8 Å². The van der Waals surface area contributed by atoms with Crippen molar-refractivity contribution in [2.24, 2.45) is 11.8 Å². The zero-order valence-electron chi connectivity index (χ0n) is 12.7. The van der Waals surface area contributed by atoms with Crippen LogP contribution in [0.4, 0.5) is 0 Å². The molecule has 2 saturated heterocycles. The van der Waals surface area contributed by atoms with Crippen molar-refractivity contribution in [3.05, 3.63) is 0 Å². The van der Waals surface area contributed by atoms with Gasteiger partial charge in [0.2, 0.25) is 0 Å². The van der Waals surface area contributed by atoms with Gasteiger partial charge in [0, 0.05) is 6.04 Å². The normalized spacial score (nSPS) is 26.0. The van der Waals surface area contributed by atoms with E-state index in [0.717, 1.165) is 17.9 Å². The summed E-state index contributed by atoms with van der Waals surface area (Å²) in [6, 6.07) is 0.896. The number of likely N-dealkylation sites (tertiary alicyclic amines) is 2. The van der Waals surface area contributed by atoms with Gasteiger partial charge in [-0.25, -0.2) is 0 Å². The lowest BCUT2D eigenvalue weighted by molar-refractivity contribution is 0.0756. The molecule has 0 spiro atoms. The molecule has 0 saturated carbocycles. The Morgan fingerprint density at radius 3 is 2.06 bits per heavy atom. The highest BCUT2D eigenvalue weighted by Gasteiger charge is 2.27. The van der Waals surface area contributed by atoms with Crippen molar-refractivity contribution in [2.45, 2.75) is 58.9 Å². The van der Waals surface area contributed by atoms with Crippen LogP contribution in [0.3, 0.4) is 0 Å². The first-order valence-corrected chi connectivity index (χ1v) is 8.15. The van der Waals surface area contributed by atoms with Gasteiger partial charge in [-0.05, 0) is 76.7 Å². The highest BCUT2D eigenvalue weighted by atomic mass is 15.2. The molecule has 2 fully saturated rings. The average molecular weight is 252 g/mol. The Labute approximate surface area is 114 Å². The Kier molecular flexibility index (Phi) is 5.50. The summed E-state index contributed by atoms with van der Waals surface area (Å²) in [5.74, 6) is 1.89. The van der Waals surface area contributed by atoms with E-state index in [0.29, 0.717) is 0 Å². The van der Waals surface area contributed by atoms with E-state index in [1.54, 1.807) is 0 Å². The molecule has 106 valence electrons. The highest BCUT2D eigenvalue weighted by molar-refractivity contribution is 4.83. The lowest BCUT2D eigenvalue weighted by Gasteiger charge is -2.42. The molecule has 0 aromatic heterocycles. The van der Waals surface area contributed by atoms with Crippen molar-refractivity contribution >= 4 is 0 Å². The van der Waals surface area contributed by atoms with E-state index in [2.05, 4.69) is 30.6 Å². The van der Waals surface area contributed by atoms with Crippen molar-refractivity contribution in [3.63, 3.8) is 0 Å². The number of piperidine rings is 2. The second-order valence-electron chi connectivity index (χ2n) is 6.77. The van der Waals surface area contributed by atoms with Crippen molar-refractivity contribution < 1.29 is 0 Å². The van der Waals surface area contributed by atoms with E-state index in [9.17, 15) is 0 Å². The predicted octanol–water partition coefficient (Wildman–Crippen LogP) is 3.23. The Bertz CT molecular complexity index is 223. The van der Waals surface area contributed by atoms with E-state index in [4.69, 9.17) is 0 Å². The number of rotatable bonds is 4. The van der Waals surface area contributed by atoms with Gasteiger partial charge >= 0.3 is 0 Å². The molecule has 2 heterocycles. The second kappa shape index (κ2) is 6.91. The summed E-state index contributed by atoms with van der Waals surface area (Å²) in [7, 11) is 0. The van der Waals surface area contributed by atoms with Crippen molar-refractivity contribution in [3.8, 4) is 0 Å². The summed E-state index contributed by atoms with van der Waals surface area (Å²) in [5.41, 5.74) is 0. The lowest BCUT2D eigenvalue weighted by Crippen LogP contribution is -2.47. The fourth-order valence-corrected chi connectivity index (χ4v) is 3.82. The van der Waals surface area contributed by atoms with Gasteiger partial charge in [0.15, 0.2) is 0 Å². The van der Waals surface area contributed by atoms with E-state index in [1.807, 2.05) is 0 Å². The van der Waals surface area contributed by atoms with Crippen LogP contribution in [0.5, 0.6) is 0 Å². The van der Waals surface area contributed by atoms with Crippen molar-refractivity contribution in [1.82, 2.24) is 9.80 Å². The SMILES string of the molecule is CCN1CCC(N2CCC(CC(C)C)CC2)CC1. The zero-order valence-corrected chi connectivity index (χ0v) is 12.7. The van der Waals surface area contributed by atoms with Crippen LogP contribution in [0.25, 0.3) is 0 Å². The Morgan fingerprint density at radius 1 is 0.944 bits per heavy atom. The van der Waals surface area contributed by atoms with Crippen LogP contribution in [0, 0.1) is 11.8 Å². The van der Waals surface area contributed by atoms with Gasteiger partial charge in [-0.3, -0.25) is 0 Å². The summed E-state index contributed by atoms with van der Waals surface area (Å²) < 4.78 is 0. The standard InChI is InChI=1S/C16H32N2/c1-4-17-9-7-16(8-10-17)18-11-5-15(6-12-18)13-14(2)3/h14-16H,4-13H2,1-3H3. The third-order valence-corrected chi connectivity index (χ3v) is 4.97. The molecule has 2 nitrogen and oxygen atoms in total. The minimum atomic E-state index is 0.884. The molecular formula is C16H32N2. The topological polar surface area (TPSA) is 6.48 Å². The fourth-order valence-electron chi connectivity index (χ4n) is 3.82. The fraction of sp³-hybridized carbons (Fsp3) is 1.00. The van der Waals surface area contributed by atoms with Crippen molar-refractivity contribution in [2.75, 3.05) is 32.7 Å². The predicted molar refractivity (Wildman–Crippen MR) is 78.9 cm³/mol. The maximum atomic E-state index is 2.80. The molecule has 0 aromatic carbocycles. The molecule has 2 aliphatic rings.